The maximum atomic E-state index is 6.02. The van der Waals surface area contributed by atoms with Crippen LogP contribution in [0.15, 0.2) is 50.9 Å². The number of pyridine rings is 1. The van der Waals surface area contributed by atoms with Crippen molar-refractivity contribution in [1.29, 1.82) is 0 Å². The van der Waals surface area contributed by atoms with Crippen LogP contribution in [0.25, 0.3) is 0 Å². The third-order valence-electron chi connectivity index (χ3n) is 3.19. The zero-order valence-corrected chi connectivity index (χ0v) is 14.2. The molecule has 1 atom stereocenters. The van der Waals surface area contributed by atoms with E-state index in [2.05, 4.69) is 53.0 Å². The van der Waals surface area contributed by atoms with Crippen molar-refractivity contribution in [2.45, 2.75) is 42.7 Å². The van der Waals surface area contributed by atoms with Crippen molar-refractivity contribution >= 4 is 27.7 Å². The quantitative estimate of drug-likeness (QED) is 0.857. The van der Waals surface area contributed by atoms with Crippen LogP contribution in [-0.4, -0.2) is 11.0 Å². The molecular formula is C16H19BrN2S. The first-order valence-electron chi connectivity index (χ1n) is 6.73. The lowest BCUT2D eigenvalue weighted by Crippen LogP contribution is -2.21. The molecule has 0 fully saturated rings. The second kappa shape index (κ2) is 7.25. The van der Waals surface area contributed by atoms with Gasteiger partial charge in [0, 0.05) is 17.1 Å². The number of aryl methyl sites for hydroxylation is 1. The minimum atomic E-state index is 0.248. The van der Waals surface area contributed by atoms with Crippen LogP contribution in [0.4, 0.5) is 0 Å². The summed E-state index contributed by atoms with van der Waals surface area (Å²) in [5.74, 6) is 0. The van der Waals surface area contributed by atoms with Gasteiger partial charge >= 0.3 is 0 Å². The monoisotopic (exact) mass is 350 g/mol. The second-order valence-electron chi connectivity index (χ2n) is 4.86. The summed E-state index contributed by atoms with van der Waals surface area (Å²) in [6.07, 6.45) is 3.77. The normalized spacial score (nSPS) is 12.4. The van der Waals surface area contributed by atoms with Crippen molar-refractivity contribution in [3.63, 3.8) is 0 Å². The van der Waals surface area contributed by atoms with E-state index in [1.165, 1.54) is 16.0 Å². The summed E-state index contributed by atoms with van der Waals surface area (Å²) in [6, 6.07) is 10.8. The van der Waals surface area contributed by atoms with Gasteiger partial charge in [-0.1, -0.05) is 30.8 Å². The standard InChI is InChI=1S/C16H19BrN2S/c1-3-13(18)10-12-6-7-15(11(2)9-12)20-16-14(17)5-4-8-19-16/h4-9,13H,3,10,18H2,1-2H3. The fourth-order valence-corrected chi connectivity index (χ4v) is 3.29. The first-order valence-corrected chi connectivity index (χ1v) is 8.34. The summed E-state index contributed by atoms with van der Waals surface area (Å²) in [5.41, 5.74) is 8.59. The SMILES string of the molecule is CCC(N)Cc1ccc(Sc2ncccc2Br)c(C)c1. The van der Waals surface area contributed by atoms with Crippen LogP contribution in [-0.2, 0) is 6.42 Å². The summed E-state index contributed by atoms with van der Waals surface area (Å²) in [4.78, 5) is 5.63. The van der Waals surface area contributed by atoms with Gasteiger partial charge in [0.1, 0.15) is 5.03 Å². The van der Waals surface area contributed by atoms with Crippen LogP contribution >= 0.6 is 27.7 Å². The van der Waals surface area contributed by atoms with E-state index >= 15 is 0 Å². The molecule has 1 unspecified atom stereocenters. The van der Waals surface area contributed by atoms with Gasteiger partial charge in [0.05, 0.1) is 4.47 Å². The number of benzene rings is 1. The predicted molar refractivity (Wildman–Crippen MR) is 89.2 cm³/mol. The minimum absolute atomic E-state index is 0.248. The zero-order valence-electron chi connectivity index (χ0n) is 11.8. The molecule has 0 saturated heterocycles. The van der Waals surface area contributed by atoms with Crippen molar-refractivity contribution in [3.8, 4) is 0 Å². The molecule has 4 heteroatoms. The maximum Gasteiger partial charge on any atom is 0.115 e. The number of nitrogens with zero attached hydrogens (tertiary/aromatic N) is 1. The first-order chi connectivity index (χ1) is 9.60. The highest BCUT2D eigenvalue weighted by molar-refractivity contribution is 9.10. The van der Waals surface area contributed by atoms with Gasteiger partial charge in [0.15, 0.2) is 0 Å². The third kappa shape index (κ3) is 4.08. The first kappa shape index (κ1) is 15.5. The molecule has 1 aromatic heterocycles. The fourth-order valence-electron chi connectivity index (χ4n) is 1.95. The molecule has 0 amide bonds. The minimum Gasteiger partial charge on any atom is -0.327 e. The van der Waals surface area contributed by atoms with Gasteiger partial charge in [0.25, 0.3) is 0 Å². The molecule has 0 saturated carbocycles. The molecule has 106 valence electrons. The molecule has 0 bridgehead atoms. The highest BCUT2D eigenvalue weighted by Crippen LogP contribution is 2.33. The van der Waals surface area contributed by atoms with Gasteiger partial charge in [-0.3, -0.25) is 0 Å². The molecule has 2 aromatic rings. The lowest BCUT2D eigenvalue weighted by molar-refractivity contribution is 0.646. The Labute approximate surface area is 133 Å². The van der Waals surface area contributed by atoms with E-state index in [0.29, 0.717) is 0 Å². The molecule has 1 aromatic carbocycles. The Bertz CT molecular complexity index is 586. The zero-order chi connectivity index (χ0) is 14.5. The molecule has 2 rings (SSSR count). The number of rotatable bonds is 5. The van der Waals surface area contributed by atoms with E-state index in [9.17, 15) is 0 Å². The van der Waals surface area contributed by atoms with Gasteiger partial charge in [-0.05, 0) is 65.0 Å². The van der Waals surface area contributed by atoms with E-state index in [4.69, 9.17) is 5.73 Å². The van der Waals surface area contributed by atoms with Gasteiger partial charge in [-0.15, -0.1) is 0 Å². The van der Waals surface area contributed by atoms with Crippen molar-refractivity contribution < 1.29 is 0 Å². The topological polar surface area (TPSA) is 38.9 Å². The molecular weight excluding hydrogens is 332 g/mol. The van der Waals surface area contributed by atoms with E-state index < -0.39 is 0 Å². The second-order valence-corrected chi connectivity index (χ2v) is 6.75. The van der Waals surface area contributed by atoms with Crippen molar-refractivity contribution in [2.75, 3.05) is 0 Å². The number of halogens is 1. The van der Waals surface area contributed by atoms with Gasteiger partial charge in [-0.25, -0.2) is 4.98 Å². The summed E-state index contributed by atoms with van der Waals surface area (Å²) in [7, 11) is 0. The Morgan fingerprint density at radius 3 is 2.80 bits per heavy atom. The smallest absolute Gasteiger partial charge is 0.115 e. The average molecular weight is 351 g/mol. The lowest BCUT2D eigenvalue weighted by Gasteiger charge is -2.11. The van der Waals surface area contributed by atoms with Crippen LogP contribution in [0.3, 0.4) is 0 Å². The van der Waals surface area contributed by atoms with Crippen LogP contribution in [0.1, 0.15) is 24.5 Å². The number of hydrogen-bond donors (Lipinski definition) is 1. The summed E-state index contributed by atoms with van der Waals surface area (Å²) >= 11 is 5.22. The Morgan fingerprint density at radius 1 is 1.35 bits per heavy atom. The predicted octanol–water partition coefficient (Wildman–Crippen LogP) is 4.58. The molecule has 2 nitrogen and oxygen atoms in total. The van der Waals surface area contributed by atoms with E-state index in [1.54, 1.807) is 11.8 Å². The molecule has 0 spiro atoms. The highest BCUT2D eigenvalue weighted by atomic mass is 79.9. The van der Waals surface area contributed by atoms with E-state index in [0.717, 1.165) is 22.3 Å². The Morgan fingerprint density at radius 2 is 2.15 bits per heavy atom. The fraction of sp³-hybridized carbons (Fsp3) is 0.312. The Hall–Kier alpha value is -0.840. The van der Waals surface area contributed by atoms with Crippen LogP contribution in [0.5, 0.6) is 0 Å². The molecule has 2 N–H and O–H groups in total. The number of hydrogen-bond acceptors (Lipinski definition) is 3. The average Bonchev–Trinajstić information content (AvgIpc) is 2.44. The van der Waals surface area contributed by atoms with Crippen LogP contribution in [0, 0.1) is 6.92 Å². The maximum absolute atomic E-state index is 6.02. The van der Waals surface area contributed by atoms with Gasteiger partial charge < -0.3 is 5.73 Å². The van der Waals surface area contributed by atoms with Crippen molar-refractivity contribution in [3.05, 3.63) is 52.1 Å². The third-order valence-corrected chi connectivity index (χ3v) is 5.29. The van der Waals surface area contributed by atoms with E-state index in [1.807, 2.05) is 18.3 Å². The molecule has 0 aliphatic rings. The summed E-state index contributed by atoms with van der Waals surface area (Å²) in [5, 5.41) is 0.994. The van der Waals surface area contributed by atoms with Crippen molar-refractivity contribution in [2.24, 2.45) is 5.73 Å². The molecule has 0 aliphatic carbocycles. The Balaban J connectivity index is 2.16. The van der Waals surface area contributed by atoms with Gasteiger partial charge in [-0.2, -0.15) is 0 Å². The Kier molecular flexibility index (Phi) is 5.64. The lowest BCUT2D eigenvalue weighted by atomic mass is 10.0. The number of aromatic nitrogens is 1. The largest absolute Gasteiger partial charge is 0.327 e. The summed E-state index contributed by atoms with van der Waals surface area (Å²) < 4.78 is 1.03. The van der Waals surface area contributed by atoms with E-state index in [-0.39, 0.29) is 6.04 Å². The van der Waals surface area contributed by atoms with Crippen molar-refractivity contribution in [1.82, 2.24) is 4.98 Å². The molecule has 0 radical (unpaired) electrons. The molecule has 1 heterocycles. The highest BCUT2D eigenvalue weighted by Gasteiger charge is 2.08. The number of nitrogens with two attached hydrogens (primary N) is 1. The van der Waals surface area contributed by atoms with Crippen LogP contribution < -0.4 is 5.73 Å². The molecule has 0 aliphatic heterocycles. The molecule has 20 heavy (non-hydrogen) atoms. The van der Waals surface area contributed by atoms with Gasteiger partial charge in [0.2, 0.25) is 0 Å². The van der Waals surface area contributed by atoms with Crippen LogP contribution in [0.2, 0.25) is 0 Å². The summed E-state index contributed by atoms with van der Waals surface area (Å²) in [6.45, 7) is 4.26.